The Hall–Kier alpha value is -2.84. The van der Waals surface area contributed by atoms with Gasteiger partial charge in [-0.15, -0.1) is 0 Å². The van der Waals surface area contributed by atoms with Crippen LogP contribution in [-0.2, 0) is 9.47 Å². The quantitative estimate of drug-likeness (QED) is 0.669. The number of aromatic amines is 1. The number of nitrogens with one attached hydrogen (secondary N) is 1. The molecule has 2 aromatic heterocycles. The number of H-pyrrole nitrogens is 1. The number of halogens is 1. The number of aromatic nitrogens is 3. The zero-order valence-electron chi connectivity index (χ0n) is 17.0. The minimum absolute atomic E-state index is 0.241. The van der Waals surface area contributed by atoms with Crippen molar-refractivity contribution in [2.75, 3.05) is 19.7 Å². The van der Waals surface area contributed by atoms with Crippen LogP contribution in [-0.4, -0.2) is 50.8 Å². The van der Waals surface area contributed by atoms with E-state index in [1.807, 2.05) is 45.0 Å². The van der Waals surface area contributed by atoms with E-state index in [1.165, 1.54) is 6.33 Å². The number of morpholine rings is 1. The highest BCUT2D eigenvalue weighted by Crippen LogP contribution is 2.28. The van der Waals surface area contributed by atoms with Crippen molar-refractivity contribution < 1.29 is 14.3 Å². The molecule has 4 rings (SSSR count). The molecule has 1 atom stereocenters. The Morgan fingerprint density at radius 1 is 1.30 bits per heavy atom. The van der Waals surface area contributed by atoms with Gasteiger partial charge in [-0.25, -0.2) is 9.78 Å². The van der Waals surface area contributed by atoms with Gasteiger partial charge in [0.25, 0.3) is 5.56 Å². The first kappa shape index (κ1) is 20.4. The van der Waals surface area contributed by atoms with Crippen molar-refractivity contribution in [2.45, 2.75) is 32.5 Å². The lowest BCUT2D eigenvalue weighted by molar-refractivity contribution is -0.0432. The first-order valence-corrected chi connectivity index (χ1v) is 10.1. The van der Waals surface area contributed by atoms with Gasteiger partial charge >= 0.3 is 6.09 Å². The maximum atomic E-state index is 12.4. The predicted molar refractivity (Wildman–Crippen MR) is 113 cm³/mol. The van der Waals surface area contributed by atoms with Crippen LogP contribution in [0, 0.1) is 0 Å². The van der Waals surface area contributed by atoms with E-state index >= 15 is 0 Å². The van der Waals surface area contributed by atoms with Crippen LogP contribution in [0.1, 0.15) is 32.4 Å². The molecular weight excluding hydrogens is 408 g/mol. The van der Waals surface area contributed by atoms with Crippen LogP contribution in [0.15, 0.2) is 41.5 Å². The summed E-state index contributed by atoms with van der Waals surface area (Å²) < 4.78 is 13.1. The number of benzene rings is 1. The molecule has 8 nitrogen and oxygen atoms in total. The van der Waals surface area contributed by atoms with Crippen molar-refractivity contribution >= 4 is 28.7 Å². The molecule has 1 amide bonds. The lowest BCUT2D eigenvalue weighted by Gasteiger charge is -2.34. The van der Waals surface area contributed by atoms with Gasteiger partial charge in [-0.1, -0.05) is 23.7 Å². The van der Waals surface area contributed by atoms with Crippen molar-refractivity contribution in [2.24, 2.45) is 0 Å². The summed E-state index contributed by atoms with van der Waals surface area (Å²) >= 11 is 6.36. The molecule has 0 bridgehead atoms. The van der Waals surface area contributed by atoms with Crippen LogP contribution in [0.3, 0.4) is 0 Å². The Labute approximate surface area is 178 Å². The molecule has 3 aromatic rings. The van der Waals surface area contributed by atoms with E-state index in [0.717, 1.165) is 11.3 Å². The van der Waals surface area contributed by atoms with Crippen molar-refractivity contribution in [3.8, 4) is 5.69 Å². The summed E-state index contributed by atoms with van der Waals surface area (Å²) in [5, 5.41) is 0.821. The van der Waals surface area contributed by atoms with E-state index < -0.39 is 5.60 Å². The molecule has 158 valence electrons. The molecule has 1 aromatic carbocycles. The smallest absolute Gasteiger partial charge is 0.410 e. The van der Waals surface area contributed by atoms with Crippen LogP contribution < -0.4 is 5.56 Å². The Balaban J connectivity index is 1.56. The Kier molecular flexibility index (Phi) is 5.29. The summed E-state index contributed by atoms with van der Waals surface area (Å²) in [5.74, 6) is 0. The van der Waals surface area contributed by atoms with E-state index in [-0.39, 0.29) is 17.8 Å². The van der Waals surface area contributed by atoms with Crippen molar-refractivity contribution in [1.29, 1.82) is 0 Å². The van der Waals surface area contributed by atoms with Crippen molar-refractivity contribution in [1.82, 2.24) is 19.4 Å². The molecule has 1 aliphatic rings. The van der Waals surface area contributed by atoms with Gasteiger partial charge in [0, 0.05) is 12.2 Å². The number of amides is 1. The molecule has 30 heavy (non-hydrogen) atoms. The second-order valence-corrected chi connectivity index (χ2v) is 8.54. The lowest BCUT2D eigenvalue weighted by Crippen LogP contribution is -2.44. The molecule has 0 saturated carbocycles. The average molecular weight is 431 g/mol. The number of fused-ring (bicyclic) bond motifs is 1. The fourth-order valence-electron chi connectivity index (χ4n) is 3.42. The van der Waals surface area contributed by atoms with Crippen LogP contribution in [0.4, 0.5) is 4.79 Å². The van der Waals surface area contributed by atoms with Crippen molar-refractivity contribution in [3.05, 3.63) is 57.7 Å². The number of hydrogen-bond donors (Lipinski definition) is 1. The number of rotatable bonds is 2. The molecule has 9 heteroatoms. The fourth-order valence-corrected chi connectivity index (χ4v) is 3.71. The van der Waals surface area contributed by atoms with Crippen molar-refractivity contribution in [3.63, 3.8) is 0 Å². The lowest BCUT2D eigenvalue weighted by atomic mass is 10.1. The first-order chi connectivity index (χ1) is 14.2. The SMILES string of the molecule is CC(C)(C)OC(=O)N1CCOC(c2ccc(-n3c(Cl)cc4c(=O)[nH]cnc43)cc2)C1. The predicted octanol–water partition coefficient (Wildman–Crippen LogP) is 3.68. The number of ether oxygens (including phenoxy) is 2. The van der Waals surface area contributed by atoms with Crippen LogP contribution in [0.25, 0.3) is 16.7 Å². The fraction of sp³-hybridized carbons (Fsp3) is 0.381. The second-order valence-electron chi connectivity index (χ2n) is 8.15. The molecule has 1 saturated heterocycles. The number of hydrogen-bond acceptors (Lipinski definition) is 5. The zero-order valence-corrected chi connectivity index (χ0v) is 17.8. The monoisotopic (exact) mass is 430 g/mol. The highest BCUT2D eigenvalue weighted by Gasteiger charge is 2.29. The molecule has 0 radical (unpaired) electrons. The van der Waals surface area contributed by atoms with Crippen LogP contribution in [0.2, 0.25) is 5.15 Å². The Morgan fingerprint density at radius 3 is 2.73 bits per heavy atom. The molecule has 1 aliphatic heterocycles. The third-order valence-corrected chi connectivity index (χ3v) is 5.08. The van der Waals surface area contributed by atoms with Gasteiger partial charge in [-0.05, 0) is 44.5 Å². The standard InChI is InChI=1S/C21H23ClN4O4/c1-21(2,3)30-20(28)25-8-9-29-16(11-25)13-4-6-14(7-5-13)26-17(22)10-15-18(26)23-12-24-19(15)27/h4-7,10,12,16H,8-9,11H2,1-3H3,(H,23,24,27). The maximum absolute atomic E-state index is 12.4. The topological polar surface area (TPSA) is 89.5 Å². The van der Waals surface area contributed by atoms with Gasteiger partial charge in [-0.3, -0.25) is 9.36 Å². The van der Waals surface area contributed by atoms with E-state index in [9.17, 15) is 9.59 Å². The third-order valence-electron chi connectivity index (χ3n) is 4.80. The summed E-state index contributed by atoms with van der Waals surface area (Å²) in [6.07, 6.45) is 0.764. The molecule has 1 N–H and O–H groups in total. The van der Waals surface area contributed by atoms with E-state index in [4.69, 9.17) is 21.1 Å². The first-order valence-electron chi connectivity index (χ1n) is 9.67. The summed E-state index contributed by atoms with van der Waals surface area (Å²) in [6.45, 7) is 6.89. The van der Waals surface area contributed by atoms with Gasteiger partial charge in [0.05, 0.1) is 24.9 Å². The minimum Gasteiger partial charge on any atom is -0.444 e. The van der Waals surface area contributed by atoms with Gasteiger partial charge in [0.15, 0.2) is 5.65 Å². The molecule has 0 aliphatic carbocycles. The molecule has 1 fully saturated rings. The van der Waals surface area contributed by atoms with Gasteiger partial charge < -0.3 is 19.4 Å². The van der Waals surface area contributed by atoms with Gasteiger partial charge in [-0.2, -0.15) is 0 Å². The molecule has 1 unspecified atom stereocenters. The largest absolute Gasteiger partial charge is 0.444 e. The van der Waals surface area contributed by atoms with E-state index in [0.29, 0.717) is 35.9 Å². The van der Waals surface area contributed by atoms with E-state index in [1.54, 1.807) is 15.5 Å². The zero-order chi connectivity index (χ0) is 21.5. The Morgan fingerprint density at radius 2 is 2.03 bits per heavy atom. The summed E-state index contributed by atoms with van der Waals surface area (Å²) in [6, 6.07) is 9.22. The maximum Gasteiger partial charge on any atom is 0.410 e. The molecule has 0 spiro atoms. The van der Waals surface area contributed by atoms with Gasteiger partial charge in [0.1, 0.15) is 16.9 Å². The Bertz CT molecular complexity index is 1130. The van der Waals surface area contributed by atoms with E-state index in [2.05, 4.69) is 9.97 Å². The summed E-state index contributed by atoms with van der Waals surface area (Å²) in [7, 11) is 0. The highest BCUT2D eigenvalue weighted by atomic mass is 35.5. The minimum atomic E-state index is -0.541. The summed E-state index contributed by atoms with van der Waals surface area (Å²) in [5.41, 5.74) is 1.42. The second kappa shape index (κ2) is 7.77. The normalized spacial score (nSPS) is 17.3. The van der Waals surface area contributed by atoms with Crippen LogP contribution >= 0.6 is 11.6 Å². The summed E-state index contributed by atoms with van der Waals surface area (Å²) in [4.78, 5) is 32.8. The molecule has 3 heterocycles. The number of carbonyl (C=O) groups excluding carboxylic acids is 1. The number of carbonyl (C=O) groups is 1. The number of nitrogens with zero attached hydrogens (tertiary/aromatic N) is 3. The molecular formula is C21H23ClN4O4. The third kappa shape index (κ3) is 4.06. The highest BCUT2D eigenvalue weighted by molar-refractivity contribution is 6.31. The van der Waals surface area contributed by atoms with Gasteiger partial charge in [0.2, 0.25) is 0 Å². The van der Waals surface area contributed by atoms with Crippen LogP contribution in [0.5, 0.6) is 0 Å². The average Bonchev–Trinajstić information content (AvgIpc) is 3.04.